The van der Waals surface area contributed by atoms with E-state index in [-0.39, 0.29) is 18.9 Å². The number of rotatable bonds is 7. The molecule has 0 aliphatic carbocycles. The number of ether oxygens (including phenoxy) is 2. The lowest BCUT2D eigenvalue weighted by Gasteiger charge is -2.11. The highest BCUT2D eigenvalue weighted by atomic mass is 35.5. The second-order valence-corrected chi connectivity index (χ2v) is 7.54. The number of aliphatic hydroxyl groups is 1. The lowest BCUT2D eigenvalue weighted by atomic mass is 10.1. The van der Waals surface area contributed by atoms with Crippen molar-refractivity contribution < 1.29 is 27.8 Å². The summed E-state index contributed by atoms with van der Waals surface area (Å²) in [7, 11) is 0. The summed E-state index contributed by atoms with van der Waals surface area (Å²) in [5.41, 5.74) is 1.05. The number of aromatic nitrogens is 3. The number of nitrogens with zero attached hydrogens (tertiary/aromatic N) is 3. The Morgan fingerprint density at radius 2 is 1.61 bits per heavy atom. The molecule has 0 aliphatic rings. The lowest BCUT2D eigenvalue weighted by Crippen LogP contribution is -2.30. The summed E-state index contributed by atoms with van der Waals surface area (Å²) in [4.78, 5) is 12.7. The Morgan fingerprint density at radius 1 is 0.970 bits per heavy atom. The molecule has 0 bridgehead atoms. The molecular formula is C22H17ClF3N3O4. The van der Waals surface area contributed by atoms with Crippen LogP contribution in [0.3, 0.4) is 0 Å². The van der Waals surface area contributed by atoms with E-state index in [9.17, 15) is 23.1 Å². The Labute approximate surface area is 190 Å². The molecular weight excluding hydrogens is 463 g/mol. The number of aliphatic hydroxyl groups excluding tert-OH is 1. The van der Waals surface area contributed by atoms with Crippen molar-refractivity contribution >= 4 is 17.2 Å². The Kier molecular flexibility index (Phi) is 6.30. The van der Waals surface area contributed by atoms with Crippen LogP contribution in [0.2, 0.25) is 5.02 Å². The van der Waals surface area contributed by atoms with Gasteiger partial charge in [0.05, 0.1) is 6.54 Å². The topological polar surface area (TPSA) is 78.0 Å². The Bertz CT molecular complexity index is 1300. The van der Waals surface area contributed by atoms with Gasteiger partial charge in [-0.2, -0.15) is 0 Å². The molecule has 0 fully saturated rings. The van der Waals surface area contributed by atoms with Gasteiger partial charge in [0, 0.05) is 11.2 Å². The molecule has 1 N–H and O–H groups in total. The maximum Gasteiger partial charge on any atom is 0.573 e. The highest BCUT2D eigenvalue weighted by molar-refractivity contribution is 6.30. The van der Waals surface area contributed by atoms with E-state index in [0.717, 1.165) is 4.68 Å². The first-order valence-electron chi connectivity index (χ1n) is 9.70. The highest BCUT2D eigenvalue weighted by Gasteiger charge is 2.31. The van der Waals surface area contributed by atoms with E-state index in [4.69, 9.17) is 16.3 Å². The van der Waals surface area contributed by atoms with Crippen molar-refractivity contribution in [1.29, 1.82) is 0 Å². The highest BCUT2D eigenvalue weighted by Crippen LogP contribution is 2.26. The first-order valence-corrected chi connectivity index (χ1v) is 10.1. The number of pyridine rings is 1. The van der Waals surface area contributed by atoms with Crippen LogP contribution in [-0.2, 0) is 6.54 Å². The number of alkyl halides is 3. The van der Waals surface area contributed by atoms with E-state index in [2.05, 4.69) is 9.84 Å². The van der Waals surface area contributed by atoms with Gasteiger partial charge < -0.3 is 14.6 Å². The number of halogens is 4. The van der Waals surface area contributed by atoms with Gasteiger partial charge >= 0.3 is 12.1 Å². The summed E-state index contributed by atoms with van der Waals surface area (Å²) in [6, 6.07) is 15.2. The Morgan fingerprint density at radius 3 is 2.27 bits per heavy atom. The van der Waals surface area contributed by atoms with E-state index in [1.165, 1.54) is 34.9 Å². The monoisotopic (exact) mass is 479 g/mol. The predicted molar refractivity (Wildman–Crippen MR) is 115 cm³/mol. The molecule has 0 amide bonds. The van der Waals surface area contributed by atoms with E-state index in [1.54, 1.807) is 36.4 Å². The number of fused-ring (bicyclic) bond motifs is 1. The number of benzene rings is 2. The van der Waals surface area contributed by atoms with Gasteiger partial charge in [-0.05, 0) is 59.7 Å². The molecule has 0 saturated carbocycles. The zero-order valence-electron chi connectivity index (χ0n) is 16.9. The zero-order valence-corrected chi connectivity index (χ0v) is 17.6. The van der Waals surface area contributed by atoms with Crippen LogP contribution in [0.25, 0.3) is 16.8 Å². The van der Waals surface area contributed by atoms with Crippen molar-refractivity contribution in [3.05, 3.63) is 82.4 Å². The van der Waals surface area contributed by atoms with Crippen LogP contribution in [0.4, 0.5) is 13.2 Å². The van der Waals surface area contributed by atoms with Crippen LogP contribution in [0.1, 0.15) is 0 Å². The SMILES string of the molecule is O=c1n(CC(O)COc2ccc(Cl)cc2)nc2ccc(-c3ccc(OC(F)(F)F)cc3)cn12. The van der Waals surface area contributed by atoms with Gasteiger partial charge in [-0.25, -0.2) is 13.9 Å². The minimum Gasteiger partial charge on any atom is -0.491 e. The summed E-state index contributed by atoms with van der Waals surface area (Å²) >= 11 is 5.82. The summed E-state index contributed by atoms with van der Waals surface area (Å²) in [6.07, 6.45) is -4.24. The molecule has 2 aromatic heterocycles. The number of hydrogen-bond acceptors (Lipinski definition) is 5. The predicted octanol–water partition coefficient (Wildman–Crippen LogP) is 4.15. The maximum atomic E-state index is 12.7. The maximum absolute atomic E-state index is 12.7. The van der Waals surface area contributed by atoms with Gasteiger partial charge in [-0.1, -0.05) is 23.7 Å². The fourth-order valence-corrected chi connectivity index (χ4v) is 3.26. The lowest BCUT2D eigenvalue weighted by molar-refractivity contribution is -0.274. The molecule has 11 heteroatoms. The van der Waals surface area contributed by atoms with Gasteiger partial charge in [0.15, 0.2) is 5.65 Å². The van der Waals surface area contributed by atoms with E-state index >= 15 is 0 Å². The first kappa shape index (κ1) is 22.7. The van der Waals surface area contributed by atoms with Gasteiger partial charge in [0.2, 0.25) is 0 Å². The van der Waals surface area contributed by atoms with Crippen molar-refractivity contribution in [2.24, 2.45) is 0 Å². The Hall–Kier alpha value is -3.50. The summed E-state index contributed by atoms with van der Waals surface area (Å²) in [5.74, 6) is 0.184. The molecule has 2 heterocycles. The standard InChI is InChI=1S/C22H17ClF3N3O4/c23-16-4-8-18(9-5-16)32-13-17(30)12-29-21(31)28-11-15(3-10-20(28)27-29)14-1-6-19(7-2-14)33-22(24,25)26/h1-11,17,30H,12-13H2. The van der Waals surface area contributed by atoms with Gasteiger partial charge in [-0.15, -0.1) is 18.3 Å². The molecule has 4 rings (SSSR count). The minimum atomic E-state index is -4.77. The molecule has 0 aliphatic heterocycles. The normalized spacial score (nSPS) is 12.6. The van der Waals surface area contributed by atoms with Crippen molar-refractivity contribution in [3.8, 4) is 22.6 Å². The number of hydrogen-bond donors (Lipinski definition) is 1. The van der Waals surface area contributed by atoms with Crippen LogP contribution in [-0.4, -0.2) is 38.4 Å². The molecule has 2 aromatic carbocycles. The molecule has 1 atom stereocenters. The third-order valence-electron chi connectivity index (χ3n) is 4.64. The summed E-state index contributed by atoms with van der Waals surface area (Å²) in [5, 5.41) is 15.0. The quantitative estimate of drug-likeness (QED) is 0.431. The van der Waals surface area contributed by atoms with Crippen molar-refractivity contribution in [2.75, 3.05) is 6.61 Å². The van der Waals surface area contributed by atoms with Crippen LogP contribution < -0.4 is 15.2 Å². The van der Waals surface area contributed by atoms with Gasteiger partial charge in [0.25, 0.3) is 0 Å². The molecule has 33 heavy (non-hydrogen) atoms. The van der Waals surface area contributed by atoms with Gasteiger partial charge in [-0.3, -0.25) is 0 Å². The summed E-state index contributed by atoms with van der Waals surface area (Å²) < 4.78 is 48.7. The zero-order chi connectivity index (χ0) is 23.6. The minimum absolute atomic E-state index is 0.0560. The first-order chi connectivity index (χ1) is 15.7. The molecule has 0 saturated heterocycles. The molecule has 7 nitrogen and oxygen atoms in total. The second-order valence-electron chi connectivity index (χ2n) is 7.10. The van der Waals surface area contributed by atoms with Crippen LogP contribution in [0.15, 0.2) is 71.7 Å². The van der Waals surface area contributed by atoms with Crippen LogP contribution >= 0.6 is 11.6 Å². The fraction of sp³-hybridized carbons (Fsp3) is 0.182. The average molecular weight is 480 g/mol. The van der Waals surface area contributed by atoms with E-state index < -0.39 is 18.2 Å². The third kappa shape index (κ3) is 5.65. The summed E-state index contributed by atoms with van der Waals surface area (Å²) in [6.45, 7) is -0.146. The molecule has 172 valence electrons. The van der Waals surface area contributed by atoms with Crippen LogP contribution in [0.5, 0.6) is 11.5 Å². The second kappa shape index (κ2) is 9.16. The molecule has 4 aromatic rings. The molecule has 0 radical (unpaired) electrons. The molecule has 0 spiro atoms. The van der Waals surface area contributed by atoms with E-state index in [0.29, 0.717) is 27.5 Å². The Balaban J connectivity index is 1.47. The molecule has 1 unspecified atom stereocenters. The smallest absolute Gasteiger partial charge is 0.491 e. The van der Waals surface area contributed by atoms with Crippen molar-refractivity contribution in [1.82, 2.24) is 14.2 Å². The van der Waals surface area contributed by atoms with Crippen LogP contribution in [0, 0.1) is 0 Å². The van der Waals surface area contributed by atoms with Gasteiger partial charge in [0.1, 0.15) is 24.2 Å². The third-order valence-corrected chi connectivity index (χ3v) is 4.89. The van der Waals surface area contributed by atoms with Crippen molar-refractivity contribution in [2.45, 2.75) is 19.0 Å². The average Bonchev–Trinajstić information content (AvgIpc) is 3.07. The fourth-order valence-electron chi connectivity index (χ4n) is 3.13. The van der Waals surface area contributed by atoms with E-state index in [1.807, 2.05) is 0 Å². The largest absolute Gasteiger partial charge is 0.573 e. The van der Waals surface area contributed by atoms with Crippen molar-refractivity contribution in [3.63, 3.8) is 0 Å².